The zero-order valence-electron chi connectivity index (χ0n) is 11.0. The quantitative estimate of drug-likeness (QED) is 0.758. The molecule has 0 radical (unpaired) electrons. The summed E-state index contributed by atoms with van der Waals surface area (Å²) in [5.74, 6) is -1.74. The van der Waals surface area contributed by atoms with Gasteiger partial charge in [0.15, 0.2) is 0 Å². The molecule has 0 aromatic heterocycles. The van der Waals surface area contributed by atoms with E-state index in [1.807, 2.05) is 0 Å². The lowest BCUT2D eigenvalue weighted by atomic mass is 9.94. The number of alkyl halides is 3. The van der Waals surface area contributed by atoms with Crippen LogP contribution in [0.25, 0.3) is 0 Å². The molecule has 0 heterocycles. The normalized spacial score (nSPS) is 14.1. The average Bonchev–Trinajstić information content (AvgIpc) is 2.32. The molecule has 0 aliphatic heterocycles. The summed E-state index contributed by atoms with van der Waals surface area (Å²) in [7, 11) is -2.48. The molecule has 0 spiro atoms. The summed E-state index contributed by atoms with van der Waals surface area (Å²) < 4.78 is 70.1. The second kappa shape index (κ2) is 6.45. The molecular weight excluding hydrogens is 297 g/mol. The van der Waals surface area contributed by atoms with Crippen molar-refractivity contribution in [2.45, 2.75) is 18.5 Å². The fourth-order valence-corrected chi connectivity index (χ4v) is 2.17. The largest absolute Gasteiger partial charge is 0.496 e. The lowest BCUT2D eigenvalue weighted by molar-refractivity contribution is -0.153. The molecule has 114 valence electrons. The van der Waals surface area contributed by atoms with Gasteiger partial charge in [0.05, 0.1) is 25.9 Å². The van der Waals surface area contributed by atoms with Crippen molar-refractivity contribution in [2.24, 2.45) is 0 Å². The van der Waals surface area contributed by atoms with E-state index in [1.165, 1.54) is 25.3 Å². The average molecular weight is 312 g/mol. The molecule has 1 unspecified atom stereocenters. The van der Waals surface area contributed by atoms with E-state index in [2.05, 4.69) is 4.18 Å². The van der Waals surface area contributed by atoms with Crippen LogP contribution in [-0.4, -0.2) is 34.6 Å². The van der Waals surface area contributed by atoms with Gasteiger partial charge < -0.3 is 4.74 Å². The smallest absolute Gasteiger partial charge is 0.395 e. The maximum absolute atomic E-state index is 13.1. The van der Waals surface area contributed by atoms with E-state index < -0.39 is 35.2 Å². The second-order valence-corrected chi connectivity index (χ2v) is 5.79. The van der Waals surface area contributed by atoms with Gasteiger partial charge in [0.25, 0.3) is 10.1 Å². The highest BCUT2D eigenvalue weighted by Crippen LogP contribution is 2.41. The highest BCUT2D eigenvalue weighted by Gasteiger charge is 2.41. The third-order valence-corrected chi connectivity index (χ3v) is 3.21. The second-order valence-electron chi connectivity index (χ2n) is 4.15. The van der Waals surface area contributed by atoms with Crippen molar-refractivity contribution in [3.05, 3.63) is 29.8 Å². The van der Waals surface area contributed by atoms with Gasteiger partial charge in [0, 0.05) is 5.56 Å². The van der Waals surface area contributed by atoms with Crippen molar-refractivity contribution in [3.63, 3.8) is 0 Å². The highest BCUT2D eigenvalue weighted by atomic mass is 32.2. The van der Waals surface area contributed by atoms with Gasteiger partial charge in [-0.25, -0.2) is 0 Å². The zero-order chi connectivity index (χ0) is 15.4. The van der Waals surface area contributed by atoms with E-state index in [0.29, 0.717) is 0 Å². The molecule has 0 saturated heterocycles. The summed E-state index contributed by atoms with van der Waals surface area (Å²) in [6, 6.07) is 5.75. The molecule has 0 amide bonds. The van der Waals surface area contributed by atoms with E-state index in [4.69, 9.17) is 4.74 Å². The molecule has 1 atom stereocenters. The lowest BCUT2D eigenvalue weighted by Crippen LogP contribution is -2.23. The van der Waals surface area contributed by atoms with Crippen molar-refractivity contribution in [1.82, 2.24) is 0 Å². The fourth-order valence-electron chi connectivity index (χ4n) is 1.77. The standard InChI is InChI=1S/C12H15F3O4S/c1-18-11-6-4-3-5-9(11)10(12(13,14)15)7-8-19-20(2,16)17/h3-6,10H,7-8H2,1-2H3. The van der Waals surface area contributed by atoms with Crippen LogP contribution in [0.2, 0.25) is 0 Å². The molecule has 8 heteroatoms. The maximum Gasteiger partial charge on any atom is 0.395 e. The summed E-state index contributed by atoms with van der Waals surface area (Å²) in [5, 5.41) is 0. The Morgan fingerprint density at radius 1 is 1.25 bits per heavy atom. The monoisotopic (exact) mass is 312 g/mol. The minimum atomic E-state index is -4.52. The summed E-state index contributed by atoms with van der Waals surface area (Å²) in [6.45, 7) is -0.541. The molecule has 0 bridgehead atoms. The molecule has 1 rings (SSSR count). The SMILES string of the molecule is COc1ccccc1C(CCOS(C)(=O)=O)C(F)(F)F. The molecule has 0 aliphatic carbocycles. The number of methoxy groups -OCH3 is 1. The predicted molar refractivity (Wildman–Crippen MR) is 67.2 cm³/mol. The Hall–Kier alpha value is -1.28. The highest BCUT2D eigenvalue weighted by molar-refractivity contribution is 7.85. The molecule has 0 aliphatic rings. The van der Waals surface area contributed by atoms with Crippen LogP contribution in [0.1, 0.15) is 17.9 Å². The number of ether oxygens (including phenoxy) is 1. The first kappa shape index (κ1) is 16.8. The minimum Gasteiger partial charge on any atom is -0.496 e. The molecule has 4 nitrogen and oxygen atoms in total. The minimum absolute atomic E-state index is 0.0420. The lowest BCUT2D eigenvalue weighted by Gasteiger charge is -2.22. The third kappa shape index (κ3) is 5.01. The maximum atomic E-state index is 13.1. The predicted octanol–water partition coefficient (Wildman–Crippen LogP) is 2.71. The van der Waals surface area contributed by atoms with Gasteiger partial charge >= 0.3 is 6.18 Å². The van der Waals surface area contributed by atoms with Gasteiger partial charge in [-0.1, -0.05) is 18.2 Å². The Labute approximate surface area is 115 Å². The fraction of sp³-hybridized carbons (Fsp3) is 0.500. The van der Waals surface area contributed by atoms with Crippen LogP contribution in [0.3, 0.4) is 0 Å². The van der Waals surface area contributed by atoms with Gasteiger partial charge in [-0.2, -0.15) is 21.6 Å². The van der Waals surface area contributed by atoms with Crippen LogP contribution in [0, 0.1) is 0 Å². The Bertz CT molecular complexity index is 540. The summed E-state index contributed by atoms with van der Waals surface area (Å²) in [4.78, 5) is 0. The number of halogens is 3. The van der Waals surface area contributed by atoms with Crippen LogP contribution in [0.15, 0.2) is 24.3 Å². The van der Waals surface area contributed by atoms with E-state index >= 15 is 0 Å². The molecule has 0 saturated carbocycles. The van der Waals surface area contributed by atoms with Crippen molar-refractivity contribution >= 4 is 10.1 Å². The Morgan fingerprint density at radius 3 is 2.35 bits per heavy atom. The van der Waals surface area contributed by atoms with Crippen LogP contribution in [0.5, 0.6) is 5.75 Å². The number of benzene rings is 1. The van der Waals surface area contributed by atoms with Gasteiger partial charge in [-0.15, -0.1) is 0 Å². The van der Waals surface area contributed by atoms with Crippen molar-refractivity contribution in [3.8, 4) is 5.75 Å². The first-order valence-corrected chi connectivity index (χ1v) is 7.51. The first-order valence-electron chi connectivity index (χ1n) is 5.69. The van der Waals surface area contributed by atoms with Crippen LogP contribution in [0.4, 0.5) is 13.2 Å². The first-order chi connectivity index (χ1) is 9.15. The molecule has 1 aromatic rings. The van der Waals surface area contributed by atoms with Gasteiger partial charge in [0.1, 0.15) is 5.75 Å². The van der Waals surface area contributed by atoms with Crippen LogP contribution < -0.4 is 4.74 Å². The number of hydrogen-bond acceptors (Lipinski definition) is 4. The number of para-hydroxylation sites is 1. The Morgan fingerprint density at radius 2 is 1.85 bits per heavy atom. The van der Waals surface area contributed by atoms with E-state index in [-0.39, 0.29) is 11.3 Å². The molecule has 0 N–H and O–H groups in total. The zero-order valence-corrected chi connectivity index (χ0v) is 11.8. The van der Waals surface area contributed by atoms with Crippen LogP contribution in [-0.2, 0) is 14.3 Å². The van der Waals surface area contributed by atoms with Crippen molar-refractivity contribution in [1.29, 1.82) is 0 Å². The third-order valence-electron chi connectivity index (χ3n) is 2.61. The van der Waals surface area contributed by atoms with E-state index in [9.17, 15) is 21.6 Å². The Balaban J connectivity index is 2.96. The molecule has 1 aromatic carbocycles. The number of rotatable bonds is 6. The molecular formula is C12H15F3O4S. The van der Waals surface area contributed by atoms with Gasteiger partial charge in [-0.3, -0.25) is 4.18 Å². The Kier molecular flexibility index (Phi) is 5.41. The molecule has 0 fully saturated rings. The molecule has 20 heavy (non-hydrogen) atoms. The number of hydrogen-bond donors (Lipinski definition) is 0. The van der Waals surface area contributed by atoms with Crippen LogP contribution >= 0.6 is 0 Å². The van der Waals surface area contributed by atoms with Crippen molar-refractivity contribution in [2.75, 3.05) is 20.0 Å². The van der Waals surface area contributed by atoms with Gasteiger partial charge in [-0.05, 0) is 12.5 Å². The van der Waals surface area contributed by atoms with Gasteiger partial charge in [0.2, 0.25) is 0 Å². The van der Waals surface area contributed by atoms with E-state index in [1.54, 1.807) is 6.07 Å². The van der Waals surface area contributed by atoms with E-state index in [0.717, 1.165) is 6.26 Å². The summed E-state index contributed by atoms with van der Waals surface area (Å²) in [6.07, 6.45) is -4.23. The van der Waals surface area contributed by atoms with Crippen molar-refractivity contribution < 1.29 is 30.5 Å². The topological polar surface area (TPSA) is 52.6 Å². The summed E-state index contributed by atoms with van der Waals surface area (Å²) >= 11 is 0. The summed E-state index contributed by atoms with van der Waals surface area (Å²) in [5.41, 5.74) is -0.0420.